The number of rotatable bonds is 8. The van der Waals surface area contributed by atoms with Crippen molar-refractivity contribution in [3.8, 4) is 33.4 Å². The first-order chi connectivity index (χ1) is 28.3. The van der Waals surface area contributed by atoms with Crippen LogP contribution >= 0.6 is 0 Å². The van der Waals surface area contributed by atoms with Gasteiger partial charge in [0.2, 0.25) is 0 Å². The molecule has 0 atom stereocenters. The first-order valence-corrected chi connectivity index (χ1v) is 19.9. The van der Waals surface area contributed by atoms with Gasteiger partial charge in [-0.2, -0.15) is 0 Å². The van der Waals surface area contributed by atoms with E-state index in [1.807, 2.05) is 66.7 Å². The molecule has 58 heavy (non-hydrogen) atoms. The number of aliphatic imine (C=N–C) groups is 3. The molecule has 8 rings (SSSR count). The van der Waals surface area contributed by atoms with Gasteiger partial charge in [-0.25, -0.2) is 15.0 Å². The van der Waals surface area contributed by atoms with Gasteiger partial charge in [-0.1, -0.05) is 178 Å². The smallest absolute Gasteiger partial charge is 0.162 e. The molecule has 282 valence electrons. The minimum atomic E-state index is -0.135. The van der Waals surface area contributed by atoms with Crippen molar-refractivity contribution in [1.82, 2.24) is 0 Å². The Bertz CT molecular complexity index is 2780. The maximum absolute atomic E-state index is 5.36. The third kappa shape index (κ3) is 7.24. The number of nitrogens with zero attached hydrogens (tertiary/aromatic N) is 3. The molecule has 1 aliphatic rings. The van der Waals surface area contributed by atoms with Crippen molar-refractivity contribution in [1.29, 1.82) is 0 Å². The van der Waals surface area contributed by atoms with Gasteiger partial charge >= 0.3 is 0 Å². The summed E-state index contributed by atoms with van der Waals surface area (Å²) >= 11 is 0. The van der Waals surface area contributed by atoms with Crippen LogP contribution in [-0.4, -0.2) is 18.4 Å². The minimum Gasteiger partial charge on any atom is -0.244 e. The second-order valence-electron chi connectivity index (χ2n) is 15.3. The lowest BCUT2D eigenvalue weighted by molar-refractivity contribution is 0.660. The van der Waals surface area contributed by atoms with E-state index in [1.54, 1.807) is 0 Å². The highest BCUT2D eigenvalue weighted by Crippen LogP contribution is 2.50. The van der Waals surface area contributed by atoms with Crippen molar-refractivity contribution >= 4 is 29.6 Å². The Hall–Kier alpha value is -6.97. The highest BCUT2D eigenvalue weighted by Gasteiger charge is 2.35. The maximum Gasteiger partial charge on any atom is 0.162 e. The molecule has 7 aromatic rings. The molecule has 3 heteroatoms. The SMILES string of the molecule is C=N/C(=N\C(=N/c1ccccc1/C(=C\C=C\C)c1cc(C)c(-c2ccccc2C)cc1-c1ccc2c(c1)C(C)(C)c1ccccc1-2)c1ccccc1)c1ccccc1. The van der Waals surface area contributed by atoms with Crippen molar-refractivity contribution in [2.75, 3.05) is 0 Å². The molecule has 0 heterocycles. The largest absolute Gasteiger partial charge is 0.244 e. The molecule has 0 aromatic heterocycles. The van der Waals surface area contributed by atoms with Crippen LogP contribution in [0.25, 0.3) is 39.0 Å². The lowest BCUT2D eigenvalue weighted by Gasteiger charge is -2.23. The first kappa shape index (κ1) is 37.9. The summed E-state index contributed by atoms with van der Waals surface area (Å²) in [5.41, 5.74) is 18.2. The predicted molar refractivity (Wildman–Crippen MR) is 248 cm³/mol. The van der Waals surface area contributed by atoms with Crippen LogP contribution in [0, 0.1) is 13.8 Å². The fourth-order valence-corrected chi connectivity index (χ4v) is 8.26. The fourth-order valence-electron chi connectivity index (χ4n) is 8.26. The number of hydrogen-bond donors (Lipinski definition) is 0. The summed E-state index contributed by atoms with van der Waals surface area (Å²) in [6.07, 6.45) is 6.42. The van der Waals surface area contributed by atoms with E-state index in [0.717, 1.165) is 39.1 Å². The number of allylic oxidation sites excluding steroid dienone is 3. The molecule has 0 amide bonds. The molecular weight excluding hydrogens is 703 g/mol. The standard InChI is InChI=1S/C55H47N3/c1-7-8-26-43(46-29-18-20-31-52(46)57-54(40-24-13-10-14-25-40)58-53(56-6)39-22-11-9-12-23-39)49-34-38(3)47(42-27-16-15-21-37(42)2)36-48(49)41-32-33-45-44-28-17-19-30-50(44)55(4,5)51(45)35-41/h7-36H,6H2,1-5H3/b8-7+,43-26+,57-54-,58-53-. The molecular formula is C55H47N3. The van der Waals surface area contributed by atoms with Gasteiger partial charge in [0.25, 0.3) is 0 Å². The third-order valence-corrected chi connectivity index (χ3v) is 11.3. The van der Waals surface area contributed by atoms with Gasteiger partial charge in [-0.05, 0) is 112 Å². The molecule has 0 saturated heterocycles. The monoisotopic (exact) mass is 749 g/mol. The Morgan fingerprint density at radius 1 is 0.534 bits per heavy atom. The Labute approximate surface area is 343 Å². The zero-order chi connectivity index (χ0) is 40.2. The molecule has 0 N–H and O–H groups in total. The van der Waals surface area contributed by atoms with Crippen LogP contribution in [0.15, 0.2) is 197 Å². The van der Waals surface area contributed by atoms with Crippen LogP contribution in [0.3, 0.4) is 0 Å². The van der Waals surface area contributed by atoms with Crippen molar-refractivity contribution < 1.29 is 0 Å². The predicted octanol–water partition coefficient (Wildman–Crippen LogP) is 14.2. The van der Waals surface area contributed by atoms with Crippen LogP contribution in [0.5, 0.6) is 0 Å². The van der Waals surface area contributed by atoms with Gasteiger partial charge in [0, 0.05) is 22.1 Å². The van der Waals surface area contributed by atoms with Gasteiger partial charge in [-0.15, -0.1) is 0 Å². The Morgan fingerprint density at radius 2 is 1.16 bits per heavy atom. The van der Waals surface area contributed by atoms with E-state index in [2.05, 4.69) is 162 Å². The second-order valence-corrected chi connectivity index (χ2v) is 15.3. The number of aryl methyl sites for hydroxylation is 2. The number of benzene rings is 7. The highest BCUT2D eigenvalue weighted by molar-refractivity contribution is 6.13. The van der Waals surface area contributed by atoms with Gasteiger partial charge in [0.1, 0.15) is 0 Å². The van der Waals surface area contributed by atoms with Crippen LogP contribution in [-0.2, 0) is 5.41 Å². The van der Waals surface area contributed by atoms with Crippen LogP contribution in [0.1, 0.15) is 65.3 Å². The molecule has 0 spiro atoms. The van der Waals surface area contributed by atoms with Gasteiger partial charge in [0.15, 0.2) is 11.7 Å². The van der Waals surface area contributed by atoms with Crippen molar-refractivity contribution in [3.05, 3.63) is 227 Å². The summed E-state index contributed by atoms with van der Waals surface area (Å²) in [5.74, 6) is 1.06. The average molecular weight is 750 g/mol. The minimum absolute atomic E-state index is 0.135. The maximum atomic E-state index is 5.36. The van der Waals surface area contributed by atoms with Crippen LogP contribution < -0.4 is 0 Å². The molecule has 0 fully saturated rings. The van der Waals surface area contributed by atoms with Gasteiger partial charge < -0.3 is 0 Å². The number of hydrogen-bond acceptors (Lipinski definition) is 1. The molecule has 3 nitrogen and oxygen atoms in total. The van der Waals surface area contributed by atoms with E-state index in [4.69, 9.17) is 9.98 Å². The molecule has 0 aliphatic heterocycles. The van der Waals surface area contributed by atoms with Gasteiger partial charge in [0.05, 0.1) is 5.69 Å². The summed E-state index contributed by atoms with van der Waals surface area (Å²) in [6.45, 7) is 15.1. The average Bonchev–Trinajstić information content (AvgIpc) is 3.49. The zero-order valence-electron chi connectivity index (χ0n) is 33.9. The van der Waals surface area contributed by atoms with E-state index in [-0.39, 0.29) is 5.41 Å². The lowest BCUT2D eigenvalue weighted by Crippen LogP contribution is -2.15. The van der Waals surface area contributed by atoms with E-state index in [9.17, 15) is 0 Å². The fraction of sp³-hybridized carbons (Fsp3) is 0.109. The van der Waals surface area contributed by atoms with Crippen LogP contribution in [0.4, 0.5) is 5.69 Å². The summed E-state index contributed by atoms with van der Waals surface area (Å²) in [6, 6.07) is 57.7. The summed E-state index contributed by atoms with van der Waals surface area (Å²) in [7, 11) is 0. The highest BCUT2D eigenvalue weighted by atomic mass is 15.0. The normalized spacial score (nSPS) is 13.7. The zero-order valence-corrected chi connectivity index (χ0v) is 33.9. The molecule has 0 saturated carbocycles. The van der Waals surface area contributed by atoms with E-state index in [1.165, 1.54) is 50.1 Å². The summed E-state index contributed by atoms with van der Waals surface area (Å²) in [5, 5.41) is 0. The summed E-state index contributed by atoms with van der Waals surface area (Å²) < 4.78 is 0. The molecule has 0 bridgehead atoms. The molecule has 0 radical (unpaired) electrons. The lowest BCUT2D eigenvalue weighted by atomic mass is 9.80. The van der Waals surface area contributed by atoms with E-state index in [0.29, 0.717) is 11.7 Å². The molecule has 0 unspecified atom stereocenters. The van der Waals surface area contributed by atoms with E-state index >= 15 is 0 Å². The topological polar surface area (TPSA) is 37.1 Å². The Morgan fingerprint density at radius 3 is 1.86 bits per heavy atom. The van der Waals surface area contributed by atoms with Crippen molar-refractivity contribution in [2.24, 2.45) is 15.0 Å². The third-order valence-electron chi connectivity index (χ3n) is 11.3. The Balaban J connectivity index is 1.37. The quantitative estimate of drug-likeness (QED) is 0.0843. The molecule has 7 aromatic carbocycles. The Kier molecular flexibility index (Phi) is 10.6. The second kappa shape index (κ2) is 16.3. The first-order valence-electron chi connectivity index (χ1n) is 19.9. The van der Waals surface area contributed by atoms with Gasteiger partial charge in [-0.3, -0.25) is 0 Å². The van der Waals surface area contributed by atoms with E-state index < -0.39 is 0 Å². The molecule has 1 aliphatic carbocycles. The number of fused-ring (bicyclic) bond motifs is 3. The van der Waals surface area contributed by atoms with Crippen LogP contribution in [0.2, 0.25) is 0 Å². The van der Waals surface area contributed by atoms with Crippen molar-refractivity contribution in [2.45, 2.75) is 40.0 Å². The van der Waals surface area contributed by atoms with Crippen molar-refractivity contribution in [3.63, 3.8) is 0 Å². The summed E-state index contributed by atoms with van der Waals surface area (Å²) in [4.78, 5) is 14.8. The number of amidine groups is 2. The number of para-hydroxylation sites is 1.